The molecule has 0 aliphatic heterocycles. The normalized spacial score (nSPS) is 14.2. The lowest BCUT2D eigenvalue weighted by atomic mass is 9.96. The van der Waals surface area contributed by atoms with E-state index >= 15 is 0 Å². The monoisotopic (exact) mass is 216 g/mol. The molecule has 0 aliphatic carbocycles. The molecule has 0 radical (unpaired) electrons. The van der Waals surface area contributed by atoms with Crippen LogP contribution in [0.5, 0.6) is 0 Å². The molecule has 0 N–H and O–H groups in total. The van der Waals surface area contributed by atoms with Gasteiger partial charge in [-0.15, -0.1) is 0 Å². The molecule has 0 fully saturated rings. The molecule has 0 aromatic carbocycles. The average Bonchev–Trinajstić information content (AvgIpc) is 2.15. The van der Waals surface area contributed by atoms with Crippen LogP contribution in [0.3, 0.4) is 0 Å². The molecule has 1 unspecified atom stereocenters. The van der Waals surface area contributed by atoms with E-state index in [9.17, 15) is 0 Å². The maximum absolute atomic E-state index is 5.23. The second-order valence-electron chi connectivity index (χ2n) is 5.22. The molecule has 0 aromatic heterocycles. The van der Waals surface area contributed by atoms with E-state index in [1.807, 2.05) is 20.8 Å². The van der Waals surface area contributed by atoms with Crippen molar-refractivity contribution in [1.82, 2.24) is 0 Å². The zero-order valence-corrected chi connectivity index (χ0v) is 11.1. The molecule has 0 saturated carbocycles. The zero-order chi connectivity index (χ0) is 11.7. The highest BCUT2D eigenvalue weighted by molar-refractivity contribution is 4.57. The van der Waals surface area contributed by atoms with Crippen LogP contribution < -0.4 is 0 Å². The summed E-state index contributed by atoms with van der Waals surface area (Å²) in [5.41, 5.74) is -0.189. The van der Waals surface area contributed by atoms with Crippen molar-refractivity contribution in [3.63, 3.8) is 0 Å². The minimum Gasteiger partial charge on any atom is -0.236 e. The van der Waals surface area contributed by atoms with Crippen LogP contribution in [-0.2, 0) is 9.78 Å². The van der Waals surface area contributed by atoms with E-state index in [1.165, 1.54) is 25.7 Å². The Labute approximate surface area is 95.3 Å². The SMILES string of the molecule is CCCCC(CC)CCOOC(C)(C)C. The summed E-state index contributed by atoms with van der Waals surface area (Å²) >= 11 is 0. The van der Waals surface area contributed by atoms with Gasteiger partial charge in [0.2, 0.25) is 0 Å². The third-order valence-electron chi connectivity index (χ3n) is 2.46. The minimum atomic E-state index is -0.189. The van der Waals surface area contributed by atoms with Crippen molar-refractivity contribution in [3.8, 4) is 0 Å². The third-order valence-corrected chi connectivity index (χ3v) is 2.46. The average molecular weight is 216 g/mol. The Morgan fingerprint density at radius 2 is 1.73 bits per heavy atom. The van der Waals surface area contributed by atoms with E-state index in [1.54, 1.807) is 0 Å². The first kappa shape index (κ1) is 14.9. The maximum atomic E-state index is 5.23. The molecular weight excluding hydrogens is 188 g/mol. The van der Waals surface area contributed by atoms with Crippen LogP contribution in [0.25, 0.3) is 0 Å². The van der Waals surface area contributed by atoms with Crippen LogP contribution in [-0.4, -0.2) is 12.2 Å². The molecule has 0 aliphatic rings. The molecule has 0 saturated heterocycles. The Bertz CT molecular complexity index is 138. The fraction of sp³-hybridized carbons (Fsp3) is 1.00. The molecule has 0 aromatic rings. The maximum Gasteiger partial charge on any atom is 0.0952 e. The van der Waals surface area contributed by atoms with Crippen LogP contribution in [0, 0.1) is 5.92 Å². The molecule has 92 valence electrons. The largest absolute Gasteiger partial charge is 0.236 e. The summed E-state index contributed by atoms with van der Waals surface area (Å²) in [5, 5.41) is 0. The molecule has 15 heavy (non-hydrogen) atoms. The van der Waals surface area contributed by atoms with Gasteiger partial charge in [-0.05, 0) is 33.1 Å². The number of hydrogen-bond acceptors (Lipinski definition) is 2. The molecule has 0 heterocycles. The van der Waals surface area contributed by atoms with Crippen molar-refractivity contribution in [1.29, 1.82) is 0 Å². The second kappa shape index (κ2) is 8.12. The van der Waals surface area contributed by atoms with E-state index in [4.69, 9.17) is 9.78 Å². The van der Waals surface area contributed by atoms with Gasteiger partial charge in [0, 0.05) is 0 Å². The number of rotatable bonds is 8. The molecule has 2 nitrogen and oxygen atoms in total. The highest BCUT2D eigenvalue weighted by Gasteiger charge is 2.12. The summed E-state index contributed by atoms with van der Waals surface area (Å²) in [6.07, 6.45) is 6.31. The summed E-state index contributed by atoms with van der Waals surface area (Å²) < 4.78 is 0. The second-order valence-corrected chi connectivity index (χ2v) is 5.22. The Morgan fingerprint density at radius 3 is 2.20 bits per heavy atom. The third kappa shape index (κ3) is 10.2. The molecular formula is C13H28O2. The molecule has 0 spiro atoms. The topological polar surface area (TPSA) is 18.5 Å². The van der Waals surface area contributed by atoms with E-state index in [0.29, 0.717) is 0 Å². The van der Waals surface area contributed by atoms with Crippen molar-refractivity contribution in [2.45, 2.75) is 72.3 Å². The van der Waals surface area contributed by atoms with Crippen LogP contribution in [0.1, 0.15) is 66.7 Å². The van der Waals surface area contributed by atoms with Gasteiger partial charge < -0.3 is 0 Å². The van der Waals surface area contributed by atoms with Crippen LogP contribution in [0.15, 0.2) is 0 Å². The first-order valence-electron chi connectivity index (χ1n) is 6.30. The Kier molecular flexibility index (Phi) is 8.07. The standard InChI is InChI=1S/C13H28O2/c1-6-8-9-12(7-2)10-11-14-15-13(3,4)5/h12H,6-11H2,1-5H3. The number of unbranched alkanes of at least 4 members (excludes halogenated alkanes) is 1. The lowest BCUT2D eigenvalue weighted by Crippen LogP contribution is -2.20. The molecule has 0 bridgehead atoms. The lowest BCUT2D eigenvalue weighted by molar-refractivity contribution is -0.349. The van der Waals surface area contributed by atoms with Crippen molar-refractivity contribution in [3.05, 3.63) is 0 Å². The van der Waals surface area contributed by atoms with Gasteiger partial charge >= 0.3 is 0 Å². The Hall–Kier alpha value is -0.0800. The first-order valence-corrected chi connectivity index (χ1v) is 6.30. The first-order chi connectivity index (χ1) is 6.99. The fourth-order valence-electron chi connectivity index (χ4n) is 1.48. The highest BCUT2D eigenvalue weighted by atomic mass is 17.2. The molecule has 2 heteroatoms. The van der Waals surface area contributed by atoms with Crippen molar-refractivity contribution < 1.29 is 9.78 Å². The van der Waals surface area contributed by atoms with E-state index in [0.717, 1.165) is 18.9 Å². The van der Waals surface area contributed by atoms with E-state index in [2.05, 4.69) is 13.8 Å². The summed E-state index contributed by atoms with van der Waals surface area (Å²) in [6, 6.07) is 0. The van der Waals surface area contributed by atoms with E-state index < -0.39 is 0 Å². The quantitative estimate of drug-likeness (QED) is 0.341. The van der Waals surface area contributed by atoms with Crippen molar-refractivity contribution in [2.75, 3.05) is 6.61 Å². The zero-order valence-electron chi connectivity index (χ0n) is 11.1. The van der Waals surface area contributed by atoms with Crippen LogP contribution >= 0.6 is 0 Å². The summed E-state index contributed by atoms with van der Waals surface area (Å²) in [4.78, 5) is 10.4. The predicted octanol–water partition coefficient (Wildman–Crippen LogP) is 4.34. The van der Waals surface area contributed by atoms with Gasteiger partial charge in [0.05, 0.1) is 12.2 Å². The minimum absolute atomic E-state index is 0.189. The van der Waals surface area contributed by atoms with Gasteiger partial charge in [-0.2, -0.15) is 0 Å². The Morgan fingerprint density at radius 1 is 1.07 bits per heavy atom. The van der Waals surface area contributed by atoms with Crippen molar-refractivity contribution in [2.24, 2.45) is 5.92 Å². The highest BCUT2D eigenvalue weighted by Crippen LogP contribution is 2.17. The van der Waals surface area contributed by atoms with Gasteiger partial charge in [-0.25, -0.2) is 9.78 Å². The van der Waals surface area contributed by atoms with Gasteiger partial charge in [0.15, 0.2) is 0 Å². The van der Waals surface area contributed by atoms with E-state index in [-0.39, 0.29) is 5.60 Å². The van der Waals surface area contributed by atoms with Crippen LogP contribution in [0.4, 0.5) is 0 Å². The molecule has 0 amide bonds. The lowest BCUT2D eigenvalue weighted by Gasteiger charge is -2.19. The number of hydrogen-bond donors (Lipinski definition) is 0. The van der Waals surface area contributed by atoms with Gasteiger partial charge in [-0.3, -0.25) is 0 Å². The molecule has 1 atom stereocenters. The summed E-state index contributed by atoms with van der Waals surface area (Å²) in [7, 11) is 0. The van der Waals surface area contributed by atoms with Crippen molar-refractivity contribution >= 4 is 0 Å². The predicted molar refractivity (Wildman–Crippen MR) is 64.7 cm³/mol. The van der Waals surface area contributed by atoms with Crippen LogP contribution in [0.2, 0.25) is 0 Å². The fourth-order valence-corrected chi connectivity index (χ4v) is 1.48. The van der Waals surface area contributed by atoms with Gasteiger partial charge in [0.1, 0.15) is 0 Å². The summed E-state index contributed by atoms with van der Waals surface area (Å²) in [5.74, 6) is 0.800. The smallest absolute Gasteiger partial charge is 0.0952 e. The molecule has 0 rings (SSSR count). The summed E-state index contributed by atoms with van der Waals surface area (Å²) in [6.45, 7) is 11.2. The van der Waals surface area contributed by atoms with Gasteiger partial charge in [0.25, 0.3) is 0 Å². The Balaban J connectivity index is 3.46. The van der Waals surface area contributed by atoms with Gasteiger partial charge in [-0.1, -0.05) is 39.5 Å².